The average molecular weight is 314 g/mol. The number of nitrogens with zero attached hydrogens (tertiary/aromatic N) is 2. The van der Waals surface area contributed by atoms with E-state index in [1.807, 2.05) is 0 Å². The van der Waals surface area contributed by atoms with E-state index in [9.17, 15) is 18.0 Å². The van der Waals surface area contributed by atoms with Crippen LogP contribution >= 0.6 is 0 Å². The first-order valence-corrected chi connectivity index (χ1v) is 8.39. The highest BCUT2D eigenvalue weighted by Gasteiger charge is 2.23. The molecule has 116 valence electrons. The molecule has 0 spiro atoms. The molecule has 1 amide bonds. The molecule has 1 N–H and O–H groups in total. The van der Waals surface area contributed by atoms with Crippen LogP contribution in [0.25, 0.3) is 0 Å². The van der Waals surface area contributed by atoms with Gasteiger partial charge in [-0.2, -0.15) is 0 Å². The molecule has 0 bridgehead atoms. The summed E-state index contributed by atoms with van der Waals surface area (Å²) in [5, 5.41) is 8.76. The van der Waals surface area contributed by atoms with Crippen LogP contribution in [0.15, 0.2) is 18.3 Å². The van der Waals surface area contributed by atoms with E-state index in [-0.39, 0.29) is 22.9 Å². The van der Waals surface area contributed by atoms with Crippen LogP contribution in [0, 0.1) is 0 Å². The summed E-state index contributed by atoms with van der Waals surface area (Å²) in [6.07, 6.45) is 2.30. The van der Waals surface area contributed by atoms with Gasteiger partial charge in [0.25, 0.3) is 5.91 Å². The lowest BCUT2D eigenvalue weighted by molar-refractivity contribution is 0.0683. The number of carboxylic acid groups (broad SMARTS) is 1. The van der Waals surface area contributed by atoms with Crippen LogP contribution < -0.4 is 0 Å². The summed E-state index contributed by atoms with van der Waals surface area (Å²) in [6, 6.07) is 2.14. The zero-order valence-electron chi connectivity index (χ0n) is 12.1. The van der Waals surface area contributed by atoms with Crippen molar-refractivity contribution >= 4 is 21.7 Å². The minimum Gasteiger partial charge on any atom is -0.477 e. The molecule has 0 radical (unpaired) electrons. The highest BCUT2D eigenvalue weighted by molar-refractivity contribution is 7.90. The van der Waals surface area contributed by atoms with Gasteiger partial charge in [-0.3, -0.25) is 4.79 Å². The summed E-state index contributed by atoms with van der Waals surface area (Å²) in [5.74, 6) is -1.68. The largest absolute Gasteiger partial charge is 0.477 e. The number of carbonyl (C=O) groups excluding carboxylic acids is 1. The molecule has 0 aliphatic carbocycles. The van der Waals surface area contributed by atoms with Gasteiger partial charge >= 0.3 is 5.97 Å². The Kier molecular flexibility index (Phi) is 5.42. The number of hydrogen-bond donors (Lipinski definition) is 1. The number of aromatic nitrogens is 1. The first-order chi connectivity index (χ1) is 9.65. The third-order valence-electron chi connectivity index (χ3n) is 2.91. The lowest BCUT2D eigenvalue weighted by Crippen LogP contribution is -2.42. The average Bonchev–Trinajstić information content (AvgIpc) is 2.37. The van der Waals surface area contributed by atoms with E-state index in [0.29, 0.717) is 6.54 Å². The van der Waals surface area contributed by atoms with Gasteiger partial charge in [0.15, 0.2) is 0 Å². The van der Waals surface area contributed by atoms with Gasteiger partial charge in [-0.25, -0.2) is 18.2 Å². The van der Waals surface area contributed by atoms with Crippen molar-refractivity contribution < 1.29 is 23.1 Å². The maximum Gasteiger partial charge on any atom is 0.354 e. The quantitative estimate of drug-likeness (QED) is 0.827. The molecular formula is C13H18N2O5S. The highest BCUT2D eigenvalue weighted by Crippen LogP contribution is 2.10. The van der Waals surface area contributed by atoms with Crippen LogP contribution in [0.1, 0.15) is 34.7 Å². The van der Waals surface area contributed by atoms with Crippen molar-refractivity contribution in [3.05, 3.63) is 29.6 Å². The molecule has 0 saturated carbocycles. The Morgan fingerprint density at radius 2 is 2.00 bits per heavy atom. The minimum atomic E-state index is -3.20. The van der Waals surface area contributed by atoms with Crippen molar-refractivity contribution in [2.24, 2.45) is 0 Å². The molecule has 0 saturated heterocycles. The summed E-state index contributed by atoms with van der Waals surface area (Å²) < 4.78 is 22.7. The summed E-state index contributed by atoms with van der Waals surface area (Å²) >= 11 is 0. The van der Waals surface area contributed by atoms with Gasteiger partial charge in [-0.05, 0) is 26.0 Å². The predicted octanol–water partition coefficient (Wildman–Crippen LogP) is 0.675. The standard InChI is InChI=1S/C13H18N2O5S/c1-4-15(9(2)8-21(3,19)20)12(16)10-5-6-11(13(17)18)14-7-10/h5-7,9H,4,8H2,1-3H3,(H,17,18). The molecule has 1 aromatic rings. The van der Waals surface area contributed by atoms with E-state index in [2.05, 4.69) is 4.98 Å². The summed E-state index contributed by atoms with van der Waals surface area (Å²) in [7, 11) is -3.20. The number of hydrogen-bond acceptors (Lipinski definition) is 5. The molecule has 7 nitrogen and oxygen atoms in total. The Morgan fingerprint density at radius 1 is 1.38 bits per heavy atom. The zero-order chi connectivity index (χ0) is 16.2. The second kappa shape index (κ2) is 6.66. The smallest absolute Gasteiger partial charge is 0.354 e. The minimum absolute atomic E-state index is 0.132. The van der Waals surface area contributed by atoms with E-state index in [0.717, 1.165) is 6.26 Å². The van der Waals surface area contributed by atoms with Gasteiger partial charge in [-0.1, -0.05) is 0 Å². The topological polar surface area (TPSA) is 105 Å². The summed E-state index contributed by atoms with van der Waals surface area (Å²) in [5.41, 5.74) is 0.0704. The van der Waals surface area contributed by atoms with Gasteiger partial charge in [0.1, 0.15) is 15.5 Å². The Balaban J connectivity index is 2.95. The number of rotatable bonds is 6. The number of carbonyl (C=O) groups is 2. The SMILES string of the molecule is CCN(C(=O)c1ccc(C(=O)O)nc1)C(C)CS(C)(=O)=O. The van der Waals surface area contributed by atoms with E-state index < -0.39 is 21.8 Å². The Labute approximate surface area is 123 Å². The molecule has 1 rings (SSSR count). The number of sulfone groups is 1. The van der Waals surface area contributed by atoms with E-state index in [4.69, 9.17) is 5.11 Å². The van der Waals surface area contributed by atoms with Crippen molar-refractivity contribution in [1.29, 1.82) is 0 Å². The third-order valence-corrected chi connectivity index (χ3v) is 4.00. The van der Waals surface area contributed by atoms with E-state index >= 15 is 0 Å². The van der Waals surface area contributed by atoms with Gasteiger partial charge in [-0.15, -0.1) is 0 Å². The Hall–Kier alpha value is -1.96. The van der Waals surface area contributed by atoms with Crippen LogP contribution in [0.3, 0.4) is 0 Å². The normalized spacial score (nSPS) is 12.7. The van der Waals surface area contributed by atoms with Crippen LogP contribution in [-0.2, 0) is 9.84 Å². The summed E-state index contributed by atoms with van der Waals surface area (Å²) in [6.45, 7) is 3.74. The van der Waals surface area contributed by atoms with Crippen LogP contribution in [0.5, 0.6) is 0 Å². The van der Waals surface area contributed by atoms with Crippen molar-refractivity contribution in [2.75, 3.05) is 18.6 Å². The van der Waals surface area contributed by atoms with Gasteiger partial charge in [0.2, 0.25) is 0 Å². The van der Waals surface area contributed by atoms with E-state index in [1.165, 1.54) is 23.2 Å². The van der Waals surface area contributed by atoms with Crippen molar-refractivity contribution in [3.63, 3.8) is 0 Å². The second-order valence-electron chi connectivity index (χ2n) is 4.77. The maximum atomic E-state index is 12.3. The lowest BCUT2D eigenvalue weighted by Gasteiger charge is -2.27. The Morgan fingerprint density at radius 3 is 2.38 bits per heavy atom. The molecule has 1 atom stereocenters. The van der Waals surface area contributed by atoms with E-state index in [1.54, 1.807) is 13.8 Å². The monoisotopic (exact) mass is 314 g/mol. The molecule has 0 fully saturated rings. The molecular weight excluding hydrogens is 296 g/mol. The molecule has 0 aliphatic rings. The van der Waals surface area contributed by atoms with Crippen LogP contribution in [0.4, 0.5) is 0 Å². The second-order valence-corrected chi connectivity index (χ2v) is 6.95. The van der Waals surface area contributed by atoms with Crippen molar-refractivity contribution in [2.45, 2.75) is 19.9 Å². The number of aromatic carboxylic acids is 1. The Bertz CT molecular complexity index is 624. The fraction of sp³-hybridized carbons (Fsp3) is 0.462. The number of carboxylic acids is 1. The lowest BCUT2D eigenvalue weighted by atomic mass is 10.2. The number of pyridine rings is 1. The first kappa shape index (κ1) is 17.1. The molecule has 0 aliphatic heterocycles. The molecule has 1 aromatic heterocycles. The predicted molar refractivity (Wildman–Crippen MR) is 77.1 cm³/mol. The molecule has 21 heavy (non-hydrogen) atoms. The number of amides is 1. The zero-order valence-corrected chi connectivity index (χ0v) is 12.9. The summed E-state index contributed by atoms with van der Waals surface area (Å²) in [4.78, 5) is 28.1. The molecule has 1 unspecified atom stereocenters. The van der Waals surface area contributed by atoms with Gasteiger partial charge in [0, 0.05) is 25.0 Å². The van der Waals surface area contributed by atoms with Crippen LogP contribution in [-0.4, -0.2) is 59.9 Å². The fourth-order valence-electron chi connectivity index (χ4n) is 2.00. The van der Waals surface area contributed by atoms with Crippen molar-refractivity contribution in [1.82, 2.24) is 9.88 Å². The van der Waals surface area contributed by atoms with Gasteiger partial charge in [0.05, 0.1) is 11.3 Å². The fourth-order valence-corrected chi connectivity index (χ4v) is 3.05. The molecule has 8 heteroatoms. The molecule has 0 aromatic carbocycles. The third kappa shape index (κ3) is 4.82. The highest BCUT2D eigenvalue weighted by atomic mass is 32.2. The molecule has 1 heterocycles. The van der Waals surface area contributed by atoms with Crippen molar-refractivity contribution in [3.8, 4) is 0 Å². The van der Waals surface area contributed by atoms with Crippen LogP contribution in [0.2, 0.25) is 0 Å². The van der Waals surface area contributed by atoms with Gasteiger partial charge < -0.3 is 10.0 Å². The maximum absolute atomic E-state index is 12.3. The first-order valence-electron chi connectivity index (χ1n) is 6.33.